The van der Waals surface area contributed by atoms with Gasteiger partial charge in [0.1, 0.15) is 0 Å². The molecule has 1 heterocycles. The van der Waals surface area contributed by atoms with Crippen LogP contribution < -0.4 is 0 Å². The third-order valence-electron chi connectivity index (χ3n) is 3.16. The van der Waals surface area contributed by atoms with Gasteiger partial charge in [0.25, 0.3) is 0 Å². The molecule has 4 nitrogen and oxygen atoms in total. The van der Waals surface area contributed by atoms with Crippen LogP contribution in [0.2, 0.25) is 0 Å². The Morgan fingerprint density at radius 2 is 2.39 bits per heavy atom. The molecule has 1 aliphatic rings. The summed E-state index contributed by atoms with van der Waals surface area (Å²) >= 11 is 3.54. The zero-order valence-corrected chi connectivity index (χ0v) is 12.1. The quantitative estimate of drug-likeness (QED) is 0.805. The second kappa shape index (κ2) is 5.82. The molecule has 1 atom stereocenters. The maximum absolute atomic E-state index is 11.8. The van der Waals surface area contributed by atoms with Crippen LogP contribution in [0.3, 0.4) is 0 Å². The molecule has 0 spiro atoms. The number of carbonyl (C=O) groups excluding carboxylic acids is 1. The number of amides is 1. The Morgan fingerprint density at radius 1 is 1.61 bits per heavy atom. The van der Waals surface area contributed by atoms with Gasteiger partial charge in [-0.1, -0.05) is 28.1 Å². The van der Waals surface area contributed by atoms with Crippen molar-refractivity contribution in [3.8, 4) is 0 Å². The first kappa shape index (κ1) is 13.5. The number of hydrogen-bond donors (Lipinski definition) is 0. The molecule has 5 heteroatoms. The summed E-state index contributed by atoms with van der Waals surface area (Å²) in [4.78, 5) is 16.7. The lowest BCUT2D eigenvalue weighted by Gasteiger charge is -2.27. The van der Waals surface area contributed by atoms with E-state index in [4.69, 9.17) is 9.57 Å². The van der Waals surface area contributed by atoms with Gasteiger partial charge in [-0.05, 0) is 23.6 Å². The highest BCUT2D eigenvalue weighted by Crippen LogP contribution is 2.34. The summed E-state index contributed by atoms with van der Waals surface area (Å²) < 4.78 is 6.78. The number of hydroxylamine groups is 2. The third-order valence-corrected chi connectivity index (χ3v) is 3.90. The first-order valence-corrected chi connectivity index (χ1v) is 6.62. The Hall–Kier alpha value is -0.910. The average Bonchev–Trinajstić information content (AvgIpc) is 2.39. The first-order chi connectivity index (χ1) is 8.63. The minimum absolute atomic E-state index is 0.0877. The van der Waals surface area contributed by atoms with Gasteiger partial charge in [-0.15, -0.1) is 0 Å². The normalized spacial score (nSPS) is 18.3. The lowest BCUT2D eigenvalue weighted by atomic mass is 9.95. The van der Waals surface area contributed by atoms with Crippen molar-refractivity contribution in [3.63, 3.8) is 0 Å². The fourth-order valence-electron chi connectivity index (χ4n) is 2.09. The maximum atomic E-state index is 11.8. The molecule has 18 heavy (non-hydrogen) atoms. The van der Waals surface area contributed by atoms with Crippen LogP contribution in [-0.2, 0) is 20.8 Å². The van der Waals surface area contributed by atoms with E-state index in [9.17, 15) is 4.79 Å². The third kappa shape index (κ3) is 2.74. The summed E-state index contributed by atoms with van der Waals surface area (Å²) in [6.45, 7) is 0.643. The molecule has 0 N–H and O–H groups in total. The molecule has 1 amide bonds. The molecule has 1 unspecified atom stereocenters. The molecule has 1 aromatic carbocycles. The molecular formula is C13H16BrNO3. The van der Waals surface area contributed by atoms with E-state index in [1.165, 1.54) is 17.7 Å². The van der Waals surface area contributed by atoms with Gasteiger partial charge in [0, 0.05) is 11.5 Å². The Bertz CT molecular complexity index is 450. The Morgan fingerprint density at radius 3 is 3.11 bits per heavy atom. The number of benzene rings is 1. The van der Waals surface area contributed by atoms with Crippen molar-refractivity contribution >= 4 is 21.8 Å². The van der Waals surface area contributed by atoms with Gasteiger partial charge in [-0.25, -0.2) is 5.06 Å². The summed E-state index contributed by atoms with van der Waals surface area (Å²) in [5, 5.41) is 1.23. The molecule has 0 bridgehead atoms. The van der Waals surface area contributed by atoms with Gasteiger partial charge in [0.2, 0.25) is 5.91 Å². The van der Waals surface area contributed by atoms with Crippen LogP contribution in [-0.4, -0.2) is 31.7 Å². The monoisotopic (exact) mass is 313 g/mol. The van der Waals surface area contributed by atoms with Crippen molar-refractivity contribution < 1.29 is 14.4 Å². The minimum Gasteiger partial charge on any atom is -0.373 e. The lowest BCUT2D eigenvalue weighted by molar-refractivity contribution is -0.171. The Kier molecular flexibility index (Phi) is 4.37. The smallest absolute Gasteiger partial charge is 0.248 e. The van der Waals surface area contributed by atoms with E-state index < -0.39 is 0 Å². The van der Waals surface area contributed by atoms with Gasteiger partial charge in [-0.2, -0.15) is 0 Å². The van der Waals surface area contributed by atoms with E-state index in [-0.39, 0.29) is 12.0 Å². The predicted molar refractivity (Wildman–Crippen MR) is 70.9 cm³/mol. The lowest BCUT2D eigenvalue weighted by Crippen LogP contribution is -2.29. The second-order valence-corrected chi connectivity index (χ2v) is 5.05. The Labute approximate surface area is 115 Å². The molecule has 2 rings (SSSR count). The number of nitrogens with zero attached hydrogens (tertiary/aromatic N) is 1. The second-order valence-electron chi connectivity index (χ2n) is 4.19. The van der Waals surface area contributed by atoms with E-state index in [1.54, 1.807) is 7.05 Å². The Balaban J connectivity index is 2.18. The SMILES string of the molecule is CON(C)C(=O)CC1OCCc2c(Br)cccc21. The molecule has 0 radical (unpaired) electrons. The van der Waals surface area contributed by atoms with Crippen LogP contribution in [0.25, 0.3) is 0 Å². The number of carbonyl (C=O) groups is 1. The van der Waals surface area contributed by atoms with Gasteiger partial charge in [-0.3, -0.25) is 9.63 Å². The van der Waals surface area contributed by atoms with E-state index in [0.29, 0.717) is 13.0 Å². The maximum Gasteiger partial charge on any atom is 0.248 e. The molecular weight excluding hydrogens is 298 g/mol. The highest BCUT2D eigenvalue weighted by atomic mass is 79.9. The van der Waals surface area contributed by atoms with Crippen LogP contribution >= 0.6 is 15.9 Å². The molecule has 0 fully saturated rings. The van der Waals surface area contributed by atoms with Crippen molar-refractivity contribution in [1.29, 1.82) is 0 Å². The number of rotatable bonds is 3. The molecule has 98 valence electrons. The van der Waals surface area contributed by atoms with Crippen molar-refractivity contribution in [3.05, 3.63) is 33.8 Å². The van der Waals surface area contributed by atoms with E-state index in [2.05, 4.69) is 15.9 Å². The topological polar surface area (TPSA) is 38.8 Å². The zero-order chi connectivity index (χ0) is 13.1. The summed E-state index contributed by atoms with van der Waals surface area (Å²) in [5.41, 5.74) is 2.33. The zero-order valence-electron chi connectivity index (χ0n) is 10.5. The van der Waals surface area contributed by atoms with Gasteiger partial charge in [0.15, 0.2) is 0 Å². The van der Waals surface area contributed by atoms with Crippen molar-refractivity contribution in [2.45, 2.75) is 18.9 Å². The molecule has 1 aromatic rings. The fraction of sp³-hybridized carbons (Fsp3) is 0.462. The summed E-state index contributed by atoms with van der Waals surface area (Å²) in [7, 11) is 3.08. The predicted octanol–water partition coefficient (Wildman–Crippen LogP) is 2.47. The van der Waals surface area contributed by atoms with Crippen LogP contribution in [0.4, 0.5) is 0 Å². The van der Waals surface area contributed by atoms with Crippen molar-refractivity contribution in [2.75, 3.05) is 20.8 Å². The highest BCUT2D eigenvalue weighted by molar-refractivity contribution is 9.10. The van der Waals surface area contributed by atoms with Crippen LogP contribution in [0.1, 0.15) is 23.7 Å². The largest absolute Gasteiger partial charge is 0.373 e. The number of ether oxygens (including phenoxy) is 1. The molecule has 1 aliphatic heterocycles. The molecule has 0 aliphatic carbocycles. The van der Waals surface area contributed by atoms with Crippen LogP contribution in [0, 0.1) is 0 Å². The molecule has 0 saturated carbocycles. The van der Waals surface area contributed by atoms with Crippen LogP contribution in [0.5, 0.6) is 0 Å². The fourth-order valence-corrected chi connectivity index (χ4v) is 2.67. The van der Waals surface area contributed by atoms with Gasteiger partial charge >= 0.3 is 0 Å². The number of hydrogen-bond acceptors (Lipinski definition) is 3. The summed E-state index contributed by atoms with van der Waals surface area (Å²) in [6, 6.07) is 6.00. The summed E-state index contributed by atoms with van der Waals surface area (Å²) in [6.07, 6.45) is 0.992. The van der Waals surface area contributed by atoms with Crippen LogP contribution in [0.15, 0.2) is 22.7 Å². The van der Waals surface area contributed by atoms with Crippen molar-refractivity contribution in [2.24, 2.45) is 0 Å². The number of halogens is 1. The van der Waals surface area contributed by atoms with Gasteiger partial charge in [0.05, 0.1) is 26.2 Å². The van der Waals surface area contributed by atoms with Gasteiger partial charge < -0.3 is 4.74 Å². The molecule has 0 saturated heterocycles. The first-order valence-electron chi connectivity index (χ1n) is 5.83. The highest BCUT2D eigenvalue weighted by Gasteiger charge is 2.25. The van der Waals surface area contributed by atoms with Crippen molar-refractivity contribution in [1.82, 2.24) is 5.06 Å². The average molecular weight is 314 g/mol. The minimum atomic E-state index is -0.184. The van der Waals surface area contributed by atoms with E-state index in [1.807, 2.05) is 18.2 Å². The standard InChI is InChI=1S/C13H16BrNO3/c1-15(17-2)13(16)8-12-10-4-3-5-11(14)9(10)6-7-18-12/h3-5,12H,6-8H2,1-2H3. The number of fused-ring (bicyclic) bond motifs is 1. The van der Waals surface area contributed by atoms with E-state index in [0.717, 1.165) is 16.5 Å². The molecule has 0 aromatic heterocycles. The summed E-state index contributed by atoms with van der Waals surface area (Å²) in [5.74, 6) is -0.0877. The van der Waals surface area contributed by atoms with E-state index >= 15 is 0 Å².